The molecule has 228 valence electrons. The number of esters is 1. The summed E-state index contributed by atoms with van der Waals surface area (Å²) in [6.45, 7) is 6.52. The Bertz CT molecular complexity index is 1180. The lowest BCUT2D eigenvalue weighted by Gasteiger charge is -2.23. The van der Waals surface area contributed by atoms with Crippen LogP contribution < -0.4 is 15.4 Å². The van der Waals surface area contributed by atoms with E-state index in [-0.39, 0.29) is 49.9 Å². The molecule has 0 bridgehead atoms. The first-order valence-electron chi connectivity index (χ1n) is 13.6. The zero-order valence-corrected chi connectivity index (χ0v) is 24.1. The van der Waals surface area contributed by atoms with E-state index in [9.17, 15) is 29.3 Å². The zero-order chi connectivity index (χ0) is 31.0. The maximum absolute atomic E-state index is 12.9. The number of rotatable bonds is 15. The minimum Gasteiger partial charge on any atom is -0.445 e. The van der Waals surface area contributed by atoms with Crippen LogP contribution in [-0.2, 0) is 25.7 Å². The van der Waals surface area contributed by atoms with Gasteiger partial charge in [-0.3, -0.25) is 19.7 Å². The second kappa shape index (κ2) is 17.2. The molecule has 42 heavy (non-hydrogen) atoms. The quantitative estimate of drug-likeness (QED) is 0.101. The summed E-state index contributed by atoms with van der Waals surface area (Å²) in [4.78, 5) is 60.8. The fourth-order valence-corrected chi connectivity index (χ4v) is 3.56. The third-order valence-corrected chi connectivity index (χ3v) is 5.53. The Kier molecular flexibility index (Phi) is 13.7. The highest BCUT2D eigenvalue weighted by Gasteiger charge is 2.18. The molecule has 0 aliphatic carbocycles. The summed E-state index contributed by atoms with van der Waals surface area (Å²) < 4.78 is 15.6. The molecular weight excluding hydrogens is 548 g/mol. The predicted octanol–water partition coefficient (Wildman–Crippen LogP) is 4.34. The Morgan fingerprint density at radius 1 is 0.857 bits per heavy atom. The number of amides is 3. The molecule has 0 aliphatic heterocycles. The molecule has 0 fully saturated rings. The van der Waals surface area contributed by atoms with Crippen molar-refractivity contribution in [3.8, 4) is 5.75 Å². The van der Waals surface area contributed by atoms with Gasteiger partial charge >= 0.3 is 18.2 Å². The molecule has 0 spiro atoms. The van der Waals surface area contributed by atoms with Gasteiger partial charge in [0, 0.05) is 44.7 Å². The predicted molar refractivity (Wildman–Crippen MR) is 153 cm³/mol. The molecule has 13 nitrogen and oxygen atoms in total. The molecule has 0 atom stereocenters. The maximum Gasteiger partial charge on any atom is 0.407 e. The van der Waals surface area contributed by atoms with E-state index in [1.54, 1.807) is 25.7 Å². The van der Waals surface area contributed by atoms with Crippen molar-refractivity contribution in [1.29, 1.82) is 0 Å². The van der Waals surface area contributed by atoms with Gasteiger partial charge in [-0.25, -0.2) is 9.59 Å². The van der Waals surface area contributed by atoms with Crippen LogP contribution in [0.25, 0.3) is 0 Å². The van der Waals surface area contributed by atoms with Crippen LogP contribution in [0.1, 0.15) is 52.0 Å². The summed E-state index contributed by atoms with van der Waals surface area (Å²) in [7, 11) is 0. The zero-order valence-electron chi connectivity index (χ0n) is 24.1. The molecule has 0 aromatic heterocycles. The molecule has 3 amide bonds. The van der Waals surface area contributed by atoms with E-state index in [1.807, 2.05) is 30.3 Å². The summed E-state index contributed by atoms with van der Waals surface area (Å²) in [5, 5.41) is 16.1. The Morgan fingerprint density at radius 3 is 2.02 bits per heavy atom. The topological polar surface area (TPSA) is 166 Å². The SMILES string of the molecule is CC(C)(C)OC(=O)NCCCN(CCCNC(=O)OCc1ccccc1)C(=O)CCC(=O)Oc1ccc([N+](=O)[O-])cc1. The normalized spacial score (nSPS) is 10.7. The highest BCUT2D eigenvalue weighted by molar-refractivity contribution is 5.82. The lowest BCUT2D eigenvalue weighted by Crippen LogP contribution is -2.38. The summed E-state index contributed by atoms with van der Waals surface area (Å²) in [6, 6.07) is 14.3. The molecule has 13 heteroatoms. The number of nitrogens with zero attached hydrogens (tertiary/aromatic N) is 2. The van der Waals surface area contributed by atoms with Gasteiger partial charge in [-0.2, -0.15) is 0 Å². The van der Waals surface area contributed by atoms with Gasteiger partial charge in [0.1, 0.15) is 18.0 Å². The molecule has 2 rings (SSSR count). The van der Waals surface area contributed by atoms with E-state index in [2.05, 4.69) is 10.6 Å². The van der Waals surface area contributed by atoms with Crippen LogP contribution in [0.3, 0.4) is 0 Å². The number of hydrogen-bond acceptors (Lipinski definition) is 9. The standard InChI is InChI=1S/C29H38N4O9/c1-29(2,3)42-28(37)31-18-8-20-32(19-7-17-30-27(36)40-21-22-9-5-4-6-10-22)25(34)15-16-26(35)41-24-13-11-23(12-14-24)33(38)39/h4-6,9-14H,7-8,15-21H2,1-3H3,(H,30,36)(H,31,37). The molecule has 0 radical (unpaired) electrons. The summed E-state index contributed by atoms with van der Waals surface area (Å²) in [6.07, 6.45) is -0.603. The molecule has 0 saturated carbocycles. The summed E-state index contributed by atoms with van der Waals surface area (Å²) >= 11 is 0. The van der Waals surface area contributed by atoms with Gasteiger partial charge < -0.3 is 29.7 Å². The lowest BCUT2D eigenvalue weighted by atomic mass is 10.2. The minimum atomic E-state index is -0.661. The fraction of sp³-hybridized carbons (Fsp3) is 0.448. The number of non-ortho nitro benzene ring substituents is 1. The molecule has 0 aliphatic rings. The number of carbonyl (C=O) groups excluding carboxylic acids is 4. The van der Waals surface area contributed by atoms with Crippen LogP contribution in [0.4, 0.5) is 15.3 Å². The van der Waals surface area contributed by atoms with E-state index in [0.717, 1.165) is 5.56 Å². The Hall–Kier alpha value is -4.68. The second-order valence-corrected chi connectivity index (χ2v) is 10.2. The number of nitrogens with one attached hydrogen (secondary N) is 2. The largest absolute Gasteiger partial charge is 0.445 e. The molecule has 2 N–H and O–H groups in total. The smallest absolute Gasteiger partial charge is 0.407 e. The van der Waals surface area contributed by atoms with Gasteiger partial charge in [0.15, 0.2) is 0 Å². The summed E-state index contributed by atoms with van der Waals surface area (Å²) in [5.74, 6) is -0.834. The third kappa shape index (κ3) is 14.1. The number of ether oxygens (including phenoxy) is 3. The van der Waals surface area contributed by atoms with E-state index in [1.165, 1.54) is 24.3 Å². The van der Waals surface area contributed by atoms with Gasteiger partial charge in [0.05, 0.1) is 11.3 Å². The number of hydrogen-bond donors (Lipinski definition) is 2. The van der Waals surface area contributed by atoms with Crippen LogP contribution in [0.15, 0.2) is 54.6 Å². The van der Waals surface area contributed by atoms with Crippen LogP contribution in [0, 0.1) is 10.1 Å². The van der Waals surface area contributed by atoms with Gasteiger partial charge in [-0.1, -0.05) is 30.3 Å². The first-order chi connectivity index (χ1) is 19.9. The van der Waals surface area contributed by atoms with Gasteiger partial charge in [0.2, 0.25) is 5.91 Å². The maximum atomic E-state index is 12.9. The van der Waals surface area contributed by atoms with Crippen molar-refractivity contribution in [2.24, 2.45) is 0 Å². The highest BCUT2D eigenvalue weighted by atomic mass is 16.6. The number of benzene rings is 2. The van der Waals surface area contributed by atoms with E-state index < -0.39 is 28.7 Å². The fourth-order valence-electron chi connectivity index (χ4n) is 3.56. The first-order valence-corrected chi connectivity index (χ1v) is 13.6. The van der Waals surface area contributed by atoms with Crippen molar-refractivity contribution in [2.45, 2.75) is 58.7 Å². The van der Waals surface area contributed by atoms with Crippen LogP contribution >= 0.6 is 0 Å². The molecule has 0 unspecified atom stereocenters. The van der Waals surface area contributed by atoms with E-state index in [0.29, 0.717) is 25.9 Å². The van der Waals surface area contributed by atoms with Crippen molar-refractivity contribution in [3.63, 3.8) is 0 Å². The molecule has 0 saturated heterocycles. The molecule has 2 aromatic carbocycles. The average Bonchev–Trinajstić information content (AvgIpc) is 2.93. The van der Waals surface area contributed by atoms with E-state index in [4.69, 9.17) is 14.2 Å². The molecule has 2 aromatic rings. The van der Waals surface area contributed by atoms with Crippen LogP contribution in [-0.4, -0.2) is 65.7 Å². The van der Waals surface area contributed by atoms with Crippen molar-refractivity contribution >= 4 is 29.8 Å². The Balaban J connectivity index is 1.82. The van der Waals surface area contributed by atoms with Crippen molar-refractivity contribution < 1.29 is 38.3 Å². The Labute approximate surface area is 244 Å². The molecular formula is C29H38N4O9. The van der Waals surface area contributed by atoms with Crippen LogP contribution in [0.2, 0.25) is 0 Å². The monoisotopic (exact) mass is 586 g/mol. The summed E-state index contributed by atoms with van der Waals surface area (Å²) in [5.41, 5.74) is 0.0852. The van der Waals surface area contributed by atoms with Gasteiger partial charge in [-0.05, 0) is 51.3 Å². The number of carbonyl (C=O) groups is 4. The minimum absolute atomic E-state index is 0.127. The molecule has 0 heterocycles. The number of nitro groups is 1. The van der Waals surface area contributed by atoms with Gasteiger partial charge in [-0.15, -0.1) is 0 Å². The average molecular weight is 587 g/mol. The van der Waals surface area contributed by atoms with Crippen molar-refractivity contribution in [2.75, 3.05) is 26.2 Å². The number of alkyl carbamates (subject to hydrolysis) is 2. The van der Waals surface area contributed by atoms with Gasteiger partial charge in [0.25, 0.3) is 5.69 Å². The van der Waals surface area contributed by atoms with Crippen molar-refractivity contribution in [1.82, 2.24) is 15.5 Å². The van der Waals surface area contributed by atoms with Crippen molar-refractivity contribution in [3.05, 3.63) is 70.3 Å². The Morgan fingerprint density at radius 2 is 1.45 bits per heavy atom. The lowest BCUT2D eigenvalue weighted by molar-refractivity contribution is -0.384. The van der Waals surface area contributed by atoms with Crippen LogP contribution in [0.5, 0.6) is 5.75 Å². The van der Waals surface area contributed by atoms with E-state index >= 15 is 0 Å². The second-order valence-electron chi connectivity index (χ2n) is 10.2. The third-order valence-electron chi connectivity index (χ3n) is 5.53. The highest BCUT2D eigenvalue weighted by Crippen LogP contribution is 2.18. The first kappa shape index (κ1) is 33.5. The number of nitro benzene ring substituents is 1.